The van der Waals surface area contributed by atoms with Gasteiger partial charge in [-0.1, -0.05) is 25.7 Å². The highest BCUT2D eigenvalue weighted by Gasteiger charge is 2.25. The Morgan fingerprint density at radius 2 is 1.13 bits per heavy atom. The van der Waals surface area contributed by atoms with Crippen LogP contribution in [0.5, 0.6) is 0 Å². The first-order chi connectivity index (χ1) is 11.1. The molecule has 0 heterocycles. The maximum absolute atomic E-state index is 11.8. The zero-order valence-electron chi connectivity index (χ0n) is 14.7. The molecule has 0 aromatic heterocycles. The fourth-order valence-corrected chi connectivity index (χ4v) is 3.96. The number of ether oxygens (including phenoxy) is 2. The molecule has 0 aliphatic heterocycles. The van der Waals surface area contributed by atoms with E-state index < -0.39 is 0 Å². The molecule has 0 amide bonds. The molecule has 2 atom stereocenters. The molecule has 2 unspecified atom stereocenters. The molecule has 0 saturated heterocycles. The maximum Gasteiger partial charge on any atom is 0.306 e. The van der Waals surface area contributed by atoms with Gasteiger partial charge in [0.25, 0.3) is 0 Å². The third-order valence-corrected chi connectivity index (χ3v) is 5.52. The van der Waals surface area contributed by atoms with Gasteiger partial charge in [-0.2, -0.15) is 0 Å². The van der Waals surface area contributed by atoms with Gasteiger partial charge in [-0.05, 0) is 57.8 Å². The summed E-state index contributed by atoms with van der Waals surface area (Å²) in [6, 6.07) is 0. The third kappa shape index (κ3) is 6.15. The van der Waals surface area contributed by atoms with Gasteiger partial charge in [0.15, 0.2) is 0 Å². The third-order valence-electron chi connectivity index (χ3n) is 5.52. The van der Waals surface area contributed by atoms with Gasteiger partial charge in [0.2, 0.25) is 0 Å². The molecule has 0 N–H and O–H groups in total. The molecule has 2 aliphatic carbocycles. The van der Waals surface area contributed by atoms with E-state index in [0.29, 0.717) is 31.1 Å². The predicted molar refractivity (Wildman–Crippen MR) is 88.9 cm³/mol. The summed E-state index contributed by atoms with van der Waals surface area (Å²) in [5.74, 6) is 0.689. The number of carbonyl (C=O) groups excluding carboxylic acids is 2. The zero-order valence-corrected chi connectivity index (χ0v) is 14.7. The molecule has 23 heavy (non-hydrogen) atoms. The van der Waals surface area contributed by atoms with Gasteiger partial charge in [0.1, 0.15) is 12.2 Å². The maximum atomic E-state index is 11.8. The van der Waals surface area contributed by atoms with E-state index >= 15 is 0 Å². The molecule has 2 aliphatic rings. The van der Waals surface area contributed by atoms with Crippen LogP contribution in [-0.2, 0) is 19.1 Å². The largest absolute Gasteiger partial charge is 0.462 e. The normalized spacial score (nSPS) is 22.0. The monoisotopic (exact) mass is 324 g/mol. The van der Waals surface area contributed by atoms with E-state index in [4.69, 9.17) is 9.47 Å². The first kappa shape index (κ1) is 18.3. The van der Waals surface area contributed by atoms with E-state index in [1.807, 2.05) is 13.8 Å². The summed E-state index contributed by atoms with van der Waals surface area (Å²) in [6.07, 6.45) is 10.8. The Kier molecular flexibility index (Phi) is 7.38. The van der Waals surface area contributed by atoms with Crippen LogP contribution < -0.4 is 0 Å². The minimum absolute atomic E-state index is 0.0133. The lowest BCUT2D eigenvalue weighted by molar-refractivity contribution is -0.152. The minimum Gasteiger partial charge on any atom is -0.462 e. The zero-order chi connectivity index (χ0) is 16.7. The molecule has 0 radical (unpaired) electrons. The summed E-state index contributed by atoms with van der Waals surface area (Å²) < 4.78 is 11.0. The predicted octanol–water partition coefficient (Wildman–Crippen LogP) is 4.40. The van der Waals surface area contributed by atoms with Crippen molar-refractivity contribution in [2.24, 2.45) is 11.8 Å². The second kappa shape index (κ2) is 9.29. The van der Waals surface area contributed by atoms with Gasteiger partial charge < -0.3 is 9.47 Å². The van der Waals surface area contributed by atoms with Crippen LogP contribution in [0.15, 0.2) is 0 Å². The molecule has 4 heteroatoms. The summed E-state index contributed by atoms with van der Waals surface area (Å²) in [5.41, 5.74) is 0. The molecule has 0 bridgehead atoms. The van der Waals surface area contributed by atoms with Crippen LogP contribution in [0.4, 0.5) is 0 Å². The van der Waals surface area contributed by atoms with Crippen molar-refractivity contribution in [3.8, 4) is 0 Å². The number of carbonyl (C=O) groups is 2. The van der Waals surface area contributed by atoms with Crippen LogP contribution in [0.2, 0.25) is 0 Å². The van der Waals surface area contributed by atoms with Crippen LogP contribution in [0, 0.1) is 11.8 Å². The summed E-state index contributed by atoms with van der Waals surface area (Å²) >= 11 is 0. The lowest BCUT2D eigenvalue weighted by Crippen LogP contribution is -2.23. The molecule has 2 rings (SSSR count). The summed E-state index contributed by atoms with van der Waals surface area (Å²) in [4.78, 5) is 23.7. The molecular formula is C19H32O4. The van der Waals surface area contributed by atoms with E-state index in [2.05, 4.69) is 0 Å². The molecule has 0 aromatic rings. The first-order valence-electron chi connectivity index (χ1n) is 9.45. The van der Waals surface area contributed by atoms with Gasteiger partial charge in [0, 0.05) is 12.8 Å². The van der Waals surface area contributed by atoms with E-state index in [9.17, 15) is 9.59 Å². The van der Waals surface area contributed by atoms with Crippen molar-refractivity contribution in [1.82, 2.24) is 0 Å². The second-order valence-corrected chi connectivity index (χ2v) is 7.33. The molecule has 132 valence electrons. The van der Waals surface area contributed by atoms with Crippen molar-refractivity contribution >= 4 is 11.9 Å². The van der Waals surface area contributed by atoms with Gasteiger partial charge >= 0.3 is 11.9 Å². The average molecular weight is 324 g/mol. The van der Waals surface area contributed by atoms with E-state index in [-0.39, 0.29) is 24.1 Å². The van der Waals surface area contributed by atoms with Crippen molar-refractivity contribution < 1.29 is 19.1 Å². The Morgan fingerprint density at radius 1 is 0.783 bits per heavy atom. The lowest BCUT2D eigenvalue weighted by atomic mass is 10.0. The number of hydrogen-bond acceptors (Lipinski definition) is 4. The Morgan fingerprint density at radius 3 is 1.48 bits per heavy atom. The van der Waals surface area contributed by atoms with Crippen LogP contribution in [0.3, 0.4) is 0 Å². The van der Waals surface area contributed by atoms with Crippen molar-refractivity contribution in [2.75, 3.05) is 0 Å². The highest BCUT2D eigenvalue weighted by atomic mass is 16.5. The molecule has 0 spiro atoms. The molecule has 0 aromatic carbocycles. The SMILES string of the molecule is CC(OC(=O)CCCC(=O)OC(C)C1CCCC1)C1CCCC1. The van der Waals surface area contributed by atoms with Crippen molar-refractivity contribution in [3.05, 3.63) is 0 Å². The fraction of sp³-hybridized carbons (Fsp3) is 0.895. The standard InChI is InChI=1S/C19H32O4/c1-14(16-8-3-4-9-16)22-18(20)12-7-13-19(21)23-15(2)17-10-5-6-11-17/h14-17H,3-13H2,1-2H3. The summed E-state index contributed by atoms with van der Waals surface area (Å²) in [6.45, 7) is 3.98. The highest BCUT2D eigenvalue weighted by Crippen LogP contribution is 2.30. The van der Waals surface area contributed by atoms with Gasteiger partial charge in [-0.3, -0.25) is 9.59 Å². The Bertz CT molecular complexity index is 345. The molecule has 4 nitrogen and oxygen atoms in total. The summed E-state index contributed by atoms with van der Waals surface area (Å²) in [7, 11) is 0. The Labute approximate surface area is 140 Å². The topological polar surface area (TPSA) is 52.6 Å². The summed E-state index contributed by atoms with van der Waals surface area (Å²) in [5, 5.41) is 0. The Balaban J connectivity index is 1.56. The molecule has 2 fully saturated rings. The Hall–Kier alpha value is -1.06. The van der Waals surface area contributed by atoms with Crippen LogP contribution in [0.1, 0.15) is 84.5 Å². The smallest absolute Gasteiger partial charge is 0.306 e. The number of esters is 2. The van der Waals surface area contributed by atoms with Crippen molar-refractivity contribution in [2.45, 2.75) is 96.7 Å². The van der Waals surface area contributed by atoms with Gasteiger partial charge in [-0.25, -0.2) is 0 Å². The fourth-order valence-electron chi connectivity index (χ4n) is 3.96. The van der Waals surface area contributed by atoms with Crippen LogP contribution in [-0.4, -0.2) is 24.1 Å². The number of rotatable bonds is 8. The molecular weight excluding hydrogens is 292 g/mol. The van der Waals surface area contributed by atoms with E-state index in [1.165, 1.54) is 51.4 Å². The van der Waals surface area contributed by atoms with Gasteiger partial charge in [-0.15, -0.1) is 0 Å². The van der Waals surface area contributed by atoms with Gasteiger partial charge in [0.05, 0.1) is 0 Å². The first-order valence-corrected chi connectivity index (χ1v) is 9.45. The average Bonchev–Trinajstić information content (AvgIpc) is 3.20. The van der Waals surface area contributed by atoms with Crippen molar-refractivity contribution in [3.63, 3.8) is 0 Å². The van der Waals surface area contributed by atoms with Crippen LogP contribution >= 0.6 is 0 Å². The van der Waals surface area contributed by atoms with E-state index in [0.717, 1.165) is 0 Å². The molecule has 2 saturated carbocycles. The highest BCUT2D eigenvalue weighted by molar-refractivity contribution is 5.72. The van der Waals surface area contributed by atoms with Crippen molar-refractivity contribution in [1.29, 1.82) is 0 Å². The quantitative estimate of drug-likeness (QED) is 0.621. The number of hydrogen-bond donors (Lipinski definition) is 0. The second-order valence-electron chi connectivity index (χ2n) is 7.33. The minimum atomic E-state index is -0.180. The van der Waals surface area contributed by atoms with E-state index in [1.54, 1.807) is 0 Å². The lowest BCUT2D eigenvalue weighted by Gasteiger charge is -2.20. The van der Waals surface area contributed by atoms with Crippen LogP contribution in [0.25, 0.3) is 0 Å².